The molecule has 0 aliphatic carbocycles. The van der Waals surface area contributed by atoms with Gasteiger partial charge in [0.15, 0.2) is 0 Å². The molecule has 0 spiro atoms. The fourth-order valence-corrected chi connectivity index (χ4v) is 1.76. The van der Waals surface area contributed by atoms with Gasteiger partial charge in [0.2, 0.25) is 0 Å². The summed E-state index contributed by atoms with van der Waals surface area (Å²) in [5.41, 5.74) is 1.86. The average molecular weight is 256 g/mol. The lowest BCUT2D eigenvalue weighted by Gasteiger charge is -2.11. The zero-order valence-electron chi connectivity index (χ0n) is 10.7. The van der Waals surface area contributed by atoms with Crippen molar-refractivity contribution in [3.63, 3.8) is 0 Å². The highest BCUT2D eigenvalue weighted by Crippen LogP contribution is 2.21. The molecule has 2 aromatic carbocycles. The van der Waals surface area contributed by atoms with Gasteiger partial charge in [0.05, 0.1) is 13.3 Å². The average Bonchev–Trinajstić information content (AvgIpc) is 2.47. The summed E-state index contributed by atoms with van der Waals surface area (Å²) in [5.74, 6) is 6.76. The number of hydrogen-bond acceptors (Lipinski definition) is 4. The molecule has 0 aromatic heterocycles. The minimum atomic E-state index is 0.430. The fourth-order valence-electron chi connectivity index (χ4n) is 1.76. The molecule has 2 aromatic rings. The van der Waals surface area contributed by atoms with Gasteiger partial charge in [-0.05, 0) is 35.9 Å². The van der Waals surface area contributed by atoms with Crippen LogP contribution in [0.25, 0.3) is 0 Å². The monoisotopic (exact) mass is 256 g/mol. The topological polar surface area (TPSA) is 56.8 Å². The highest BCUT2D eigenvalue weighted by Gasteiger charge is 2.05. The van der Waals surface area contributed by atoms with E-state index >= 15 is 0 Å². The van der Waals surface area contributed by atoms with Crippen molar-refractivity contribution in [3.8, 4) is 11.5 Å². The van der Waals surface area contributed by atoms with Crippen LogP contribution >= 0.6 is 0 Å². The second kappa shape index (κ2) is 6.44. The maximum absolute atomic E-state index is 5.71. The van der Waals surface area contributed by atoms with E-state index in [0.29, 0.717) is 6.61 Å². The molecular formula is C15H16N2O2. The van der Waals surface area contributed by atoms with Crippen LogP contribution in [0.1, 0.15) is 11.1 Å². The molecule has 0 radical (unpaired) electrons. The smallest absolute Gasteiger partial charge is 0.125 e. The number of benzene rings is 2. The number of methoxy groups -OCH3 is 1. The van der Waals surface area contributed by atoms with Crippen LogP contribution < -0.4 is 15.3 Å². The molecule has 0 aliphatic heterocycles. The van der Waals surface area contributed by atoms with Crippen molar-refractivity contribution < 1.29 is 9.47 Å². The van der Waals surface area contributed by atoms with Crippen LogP contribution in [-0.4, -0.2) is 13.3 Å². The number of nitrogens with zero attached hydrogens (tertiary/aromatic N) is 1. The van der Waals surface area contributed by atoms with Crippen molar-refractivity contribution in [1.82, 2.24) is 0 Å². The first-order chi connectivity index (χ1) is 9.33. The third kappa shape index (κ3) is 3.48. The minimum absolute atomic E-state index is 0.430. The van der Waals surface area contributed by atoms with Gasteiger partial charge in [-0.25, -0.2) is 0 Å². The highest BCUT2D eigenvalue weighted by atomic mass is 16.5. The minimum Gasteiger partial charge on any atom is -0.496 e. The molecular weight excluding hydrogens is 240 g/mol. The maximum Gasteiger partial charge on any atom is 0.125 e. The number of ether oxygens (including phenoxy) is 2. The molecule has 98 valence electrons. The van der Waals surface area contributed by atoms with Crippen molar-refractivity contribution in [2.24, 2.45) is 10.9 Å². The molecule has 0 unspecified atom stereocenters. The molecule has 0 atom stereocenters. The standard InChI is InChI=1S/C15H16N2O2/c1-18-15-8-7-12(10-17-16)9-13(15)11-19-14-5-3-2-4-6-14/h2-10H,11,16H2,1H3. The lowest BCUT2D eigenvalue weighted by Crippen LogP contribution is -2.00. The zero-order chi connectivity index (χ0) is 13.5. The van der Waals surface area contributed by atoms with Crippen molar-refractivity contribution in [2.75, 3.05) is 7.11 Å². The number of hydrazone groups is 1. The molecule has 0 saturated carbocycles. The van der Waals surface area contributed by atoms with E-state index in [9.17, 15) is 0 Å². The Balaban J connectivity index is 2.15. The molecule has 19 heavy (non-hydrogen) atoms. The first-order valence-electron chi connectivity index (χ1n) is 5.91. The van der Waals surface area contributed by atoms with Crippen LogP contribution in [0.3, 0.4) is 0 Å². The van der Waals surface area contributed by atoms with Crippen LogP contribution in [-0.2, 0) is 6.61 Å². The van der Waals surface area contributed by atoms with Gasteiger partial charge < -0.3 is 15.3 Å². The number of hydrogen-bond donors (Lipinski definition) is 1. The van der Waals surface area contributed by atoms with Crippen molar-refractivity contribution in [1.29, 1.82) is 0 Å². The maximum atomic E-state index is 5.71. The lowest BCUT2D eigenvalue weighted by atomic mass is 10.1. The van der Waals surface area contributed by atoms with E-state index in [1.165, 1.54) is 0 Å². The molecule has 0 amide bonds. The molecule has 2 rings (SSSR count). The van der Waals surface area contributed by atoms with Crippen LogP contribution in [0.5, 0.6) is 11.5 Å². The van der Waals surface area contributed by atoms with Crippen molar-refractivity contribution in [3.05, 3.63) is 59.7 Å². The first-order valence-corrected chi connectivity index (χ1v) is 5.91. The molecule has 0 aliphatic rings. The Hall–Kier alpha value is -2.49. The number of nitrogens with two attached hydrogens (primary N) is 1. The van der Waals surface area contributed by atoms with E-state index in [1.807, 2.05) is 48.5 Å². The van der Waals surface area contributed by atoms with Crippen molar-refractivity contribution >= 4 is 6.21 Å². The van der Waals surface area contributed by atoms with Crippen LogP contribution in [0.2, 0.25) is 0 Å². The predicted molar refractivity (Wildman–Crippen MR) is 75.5 cm³/mol. The number of para-hydroxylation sites is 1. The SMILES string of the molecule is COc1ccc(C=NN)cc1COc1ccccc1. The Morgan fingerprint density at radius 3 is 2.63 bits per heavy atom. The fraction of sp³-hybridized carbons (Fsp3) is 0.133. The van der Waals surface area contributed by atoms with Crippen LogP contribution in [0.15, 0.2) is 53.6 Å². The molecule has 4 nitrogen and oxygen atoms in total. The van der Waals surface area contributed by atoms with E-state index in [4.69, 9.17) is 15.3 Å². The van der Waals surface area contributed by atoms with E-state index in [2.05, 4.69) is 5.10 Å². The van der Waals surface area contributed by atoms with Gasteiger partial charge in [0.1, 0.15) is 18.1 Å². The Morgan fingerprint density at radius 2 is 1.95 bits per heavy atom. The molecule has 4 heteroatoms. The third-order valence-corrected chi connectivity index (χ3v) is 2.67. The summed E-state index contributed by atoms with van der Waals surface area (Å²) in [4.78, 5) is 0. The molecule has 0 saturated heterocycles. The van der Waals surface area contributed by atoms with Gasteiger partial charge in [-0.15, -0.1) is 0 Å². The molecule has 0 heterocycles. The summed E-state index contributed by atoms with van der Waals surface area (Å²) in [6, 6.07) is 15.4. The summed E-state index contributed by atoms with van der Waals surface area (Å²) in [5, 5.41) is 3.51. The summed E-state index contributed by atoms with van der Waals surface area (Å²) in [7, 11) is 1.64. The first kappa shape index (κ1) is 13.0. The van der Waals surface area contributed by atoms with Gasteiger partial charge in [0.25, 0.3) is 0 Å². The van der Waals surface area contributed by atoms with Crippen LogP contribution in [0, 0.1) is 0 Å². The summed E-state index contributed by atoms with van der Waals surface area (Å²) in [6.45, 7) is 0.430. The Bertz CT molecular complexity index is 553. The van der Waals surface area contributed by atoms with Gasteiger partial charge >= 0.3 is 0 Å². The molecule has 0 bridgehead atoms. The van der Waals surface area contributed by atoms with E-state index in [1.54, 1.807) is 13.3 Å². The van der Waals surface area contributed by atoms with E-state index < -0.39 is 0 Å². The van der Waals surface area contributed by atoms with Gasteiger partial charge in [0, 0.05) is 5.56 Å². The Kier molecular flexibility index (Phi) is 4.39. The summed E-state index contributed by atoms with van der Waals surface area (Å²) in [6.07, 6.45) is 1.59. The van der Waals surface area contributed by atoms with Crippen molar-refractivity contribution in [2.45, 2.75) is 6.61 Å². The van der Waals surface area contributed by atoms with Gasteiger partial charge in [-0.3, -0.25) is 0 Å². The Morgan fingerprint density at radius 1 is 1.16 bits per heavy atom. The molecule has 0 fully saturated rings. The Labute approximate surface area is 112 Å². The summed E-state index contributed by atoms with van der Waals surface area (Å²) < 4.78 is 11.0. The normalized spacial score (nSPS) is 10.6. The van der Waals surface area contributed by atoms with Crippen LogP contribution in [0.4, 0.5) is 0 Å². The third-order valence-electron chi connectivity index (χ3n) is 2.67. The predicted octanol–water partition coefficient (Wildman–Crippen LogP) is 2.57. The quantitative estimate of drug-likeness (QED) is 0.508. The second-order valence-electron chi connectivity index (χ2n) is 3.95. The van der Waals surface area contributed by atoms with E-state index in [-0.39, 0.29) is 0 Å². The number of rotatable bonds is 5. The zero-order valence-corrected chi connectivity index (χ0v) is 10.7. The second-order valence-corrected chi connectivity index (χ2v) is 3.95. The molecule has 2 N–H and O–H groups in total. The van der Waals surface area contributed by atoms with Gasteiger partial charge in [-0.1, -0.05) is 18.2 Å². The largest absolute Gasteiger partial charge is 0.496 e. The lowest BCUT2D eigenvalue weighted by molar-refractivity contribution is 0.296. The highest BCUT2D eigenvalue weighted by molar-refractivity contribution is 5.80. The van der Waals surface area contributed by atoms with E-state index in [0.717, 1.165) is 22.6 Å². The van der Waals surface area contributed by atoms with Gasteiger partial charge in [-0.2, -0.15) is 5.10 Å². The summed E-state index contributed by atoms with van der Waals surface area (Å²) >= 11 is 0.